The highest BCUT2D eigenvalue weighted by molar-refractivity contribution is 5.75. The lowest BCUT2D eigenvalue weighted by Crippen LogP contribution is -2.22. The topological polar surface area (TPSA) is 76.1 Å². The van der Waals surface area contributed by atoms with E-state index in [4.69, 9.17) is 16.2 Å². The maximum Gasteiger partial charge on any atom is 0.242 e. The van der Waals surface area contributed by atoms with Crippen LogP contribution in [0.4, 0.5) is 0 Å². The third-order valence-electron chi connectivity index (χ3n) is 1.61. The molecule has 0 saturated heterocycles. The molecule has 4 heteroatoms. The molecule has 3 N–H and O–H groups in total. The molecule has 1 radical (unpaired) electrons. The first kappa shape index (κ1) is 10.5. The summed E-state index contributed by atoms with van der Waals surface area (Å²) in [6, 6.07) is 6.98. The number of carbonyl (C=O) groups excluding carboxylic acids is 1. The summed E-state index contributed by atoms with van der Waals surface area (Å²) >= 11 is 0. The molecule has 0 bridgehead atoms. The highest BCUT2D eigenvalue weighted by Gasteiger charge is 2.00. The van der Waals surface area contributed by atoms with Crippen LogP contribution in [0.5, 0.6) is 5.75 Å². The Kier molecular flexibility index (Phi) is 3.48. The molecule has 1 unspecified atom stereocenters. The fourth-order valence-corrected chi connectivity index (χ4v) is 1.09. The van der Waals surface area contributed by atoms with Gasteiger partial charge in [0, 0.05) is 0 Å². The van der Waals surface area contributed by atoms with Gasteiger partial charge in [-0.1, -0.05) is 12.1 Å². The minimum atomic E-state index is -0.592. The van der Waals surface area contributed by atoms with Crippen molar-refractivity contribution in [3.05, 3.63) is 29.8 Å². The number of rotatable bonds is 4. The zero-order valence-corrected chi connectivity index (χ0v) is 7.99. The second-order valence-electron chi connectivity index (χ2n) is 3.07. The lowest BCUT2D eigenvalue weighted by atomic mass is 10.1. The van der Waals surface area contributed by atoms with Crippen molar-refractivity contribution in [2.45, 2.75) is 19.6 Å². The van der Waals surface area contributed by atoms with Gasteiger partial charge in [0.15, 0.2) is 0 Å². The molecule has 0 saturated carbocycles. The molecule has 0 aromatic heterocycles. The van der Waals surface area contributed by atoms with Crippen molar-refractivity contribution >= 4 is 5.91 Å². The second kappa shape index (κ2) is 4.62. The van der Waals surface area contributed by atoms with Gasteiger partial charge in [0.25, 0.3) is 0 Å². The van der Waals surface area contributed by atoms with Crippen LogP contribution in [0.3, 0.4) is 0 Å². The van der Waals surface area contributed by atoms with Gasteiger partial charge in [-0.25, -0.2) is 0 Å². The molecule has 4 nitrogen and oxygen atoms in total. The number of hydrogen-bond acceptors (Lipinski definition) is 3. The summed E-state index contributed by atoms with van der Waals surface area (Å²) in [7, 11) is 0. The molecular formula is C10H13N2O2. The van der Waals surface area contributed by atoms with E-state index in [1.54, 1.807) is 31.2 Å². The van der Waals surface area contributed by atoms with Gasteiger partial charge in [-0.2, -0.15) is 0 Å². The molecule has 0 aliphatic rings. The standard InChI is InChI=1S/C10H13N2O2/c1-7(11)14-9-4-2-8(3-5-9)6-10(12)13/h2-5,7,12H,6,11H2,1H3. The van der Waals surface area contributed by atoms with E-state index in [0.29, 0.717) is 5.75 Å². The third-order valence-corrected chi connectivity index (χ3v) is 1.61. The average molecular weight is 193 g/mol. The van der Waals surface area contributed by atoms with Gasteiger partial charge in [0.2, 0.25) is 5.91 Å². The van der Waals surface area contributed by atoms with Crippen LogP contribution in [0, 0.1) is 0 Å². The Bertz CT molecular complexity index is 306. The molecule has 1 aromatic rings. The van der Waals surface area contributed by atoms with Crippen LogP contribution < -0.4 is 16.2 Å². The third kappa shape index (κ3) is 3.45. The zero-order valence-electron chi connectivity index (χ0n) is 7.99. The normalized spacial score (nSPS) is 12.1. The molecule has 0 heterocycles. The molecule has 0 aliphatic heterocycles. The quantitative estimate of drug-likeness (QED) is 0.716. The maximum absolute atomic E-state index is 10.5. The van der Waals surface area contributed by atoms with E-state index in [2.05, 4.69) is 0 Å². The predicted molar refractivity (Wildman–Crippen MR) is 52.5 cm³/mol. The Hall–Kier alpha value is -1.55. The minimum Gasteiger partial charge on any atom is -0.476 e. The van der Waals surface area contributed by atoms with Crippen molar-refractivity contribution in [3.63, 3.8) is 0 Å². The van der Waals surface area contributed by atoms with Gasteiger partial charge in [-0.05, 0) is 24.6 Å². The van der Waals surface area contributed by atoms with Crippen molar-refractivity contribution in [2.24, 2.45) is 5.73 Å². The lowest BCUT2D eigenvalue weighted by molar-refractivity contribution is -0.118. The van der Waals surface area contributed by atoms with Crippen molar-refractivity contribution in [3.8, 4) is 5.75 Å². The number of benzene rings is 1. The Morgan fingerprint density at radius 2 is 2.07 bits per heavy atom. The number of nitrogens with one attached hydrogen (secondary N) is 1. The summed E-state index contributed by atoms with van der Waals surface area (Å²) in [4.78, 5) is 10.5. The average Bonchev–Trinajstić information content (AvgIpc) is 2.06. The zero-order chi connectivity index (χ0) is 10.6. The molecule has 14 heavy (non-hydrogen) atoms. The number of ether oxygens (including phenoxy) is 1. The molecule has 1 aromatic carbocycles. The maximum atomic E-state index is 10.5. The summed E-state index contributed by atoms with van der Waals surface area (Å²) < 4.78 is 5.22. The van der Waals surface area contributed by atoms with E-state index in [1.165, 1.54) is 0 Å². The van der Waals surface area contributed by atoms with Gasteiger partial charge < -0.3 is 4.74 Å². The van der Waals surface area contributed by atoms with Crippen LogP contribution >= 0.6 is 0 Å². The monoisotopic (exact) mass is 193 g/mol. The molecule has 0 spiro atoms. The van der Waals surface area contributed by atoms with E-state index >= 15 is 0 Å². The summed E-state index contributed by atoms with van der Waals surface area (Å²) in [5.74, 6) is 0.0760. The van der Waals surface area contributed by atoms with Crippen LogP contribution in [-0.4, -0.2) is 12.1 Å². The number of hydrogen-bond donors (Lipinski definition) is 1. The fourth-order valence-electron chi connectivity index (χ4n) is 1.09. The van der Waals surface area contributed by atoms with E-state index in [1.807, 2.05) is 0 Å². The van der Waals surface area contributed by atoms with Gasteiger partial charge >= 0.3 is 0 Å². The van der Waals surface area contributed by atoms with E-state index in [-0.39, 0.29) is 12.6 Å². The van der Waals surface area contributed by atoms with Crippen molar-refractivity contribution in [2.75, 3.05) is 0 Å². The largest absolute Gasteiger partial charge is 0.476 e. The van der Waals surface area contributed by atoms with E-state index in [0.717, 1.165) is 5.56 Å². The summed E-state index contributed by atoms with van der Waals surface area (Å²) in [5.41, 5.74) is 13.0. The molecule has 75 valence electrons. The Morgan fingerprint density at radius 1 is 1.50 bits per heavy atom. The van der Waals surface area contributed by atoms with Gasteiger partial charge in [0.05, 0.1) is 6.42 Å². The minimum absolute atomic E-state index is 0.137. The SMILES string of the molecule is CC(N)Oc1ccc(CC([NH])=O)cc1. The first-order valence-electron chi connectivity index (χ1n) is 4.33. The molecule has 0 aliphatic carbocycles. The number of nitrogens with two attached hydrogens (primary N) is 1. The molecular weight excluding hydrogens is 180 g/mol. The van der Waals surface area contributed by atoms with Crippen molar-refractivity contribution in [1.82, 2.24) is 5.73 Å². The van der Waals surface area contributed by atoms with Gasteiger partial charge in [0.1, 0.15) is 12.0 Å². The Morgan fingerprint density at radius 3 is 2.50 bits per heavy atom. The van der Waals surface area contributed by atoms with E-state index < -0.39 is 5.91 Å². The van der Waals surface area contributed by atoms with Gasteiger partial charge in [-0.15, -0.1) is 0 Å². The summed E-state index contributed by atoms with van der Waals surface area (Å²) in [6.07, 6.45) is -0.211. The number of amides is 1. The molecule has 1 amide bonds. The number of carbonyl (C=O) groups is 1. The van der Waals surface area contributed by atoms with Crippen LogP contribution in [0.1, 0.15) is 12.5 Å². The Labute approximate surface area is 82.8 Å². The van der Waals surface area contributed by atoms with Crippen LogP contribution in [0.15, 0.2) is 24.3 Å². The van der Waals surface area contributed by atoms with E-state index in [9.17, 15) is 4.79 Å². The van der Waals surface area contributed by atoms with Crippen LogP contribution in [0.2, 0.25) is 0 Å². The van der Waals surface area contributed by atoms with Crippen LogP contribution in [-0.2, 0) is 11.2 Å². The summed E-state index contributed by atoms with van der Waals surface area (Å²) in [6.45, 7) is 1.74. The Balaban J connectivity index is 2.63. The molecule has 1 rings (SSSR count). The first-order chi connectivity index (χ1) is 6.58. The highest BCUT2D eigenvalue weighted by Crippen LogP contribution is 2.13. The summed E-state index contributed by atoms with van der Waals surface area (Å²) in [5, 5.41) is 0. The first-order valence-corrected chi connectivity index (χ1v) is 4.33. The van der Waals surface area contributed by atoms with Gasteiger partial charge in [-0.3, -0.25) is 16.3 Å². The van der Waals surface area contributed by atoms with Crippen LogP contribution in [0.25, 0.3) is 0 Å². The highest BCUT2D eigenvalue weighted by atomic mass is 16.5. The van der Waals surface area contributed by atoms with Crippen molar-refractivity contribution in [1.29, 1.82) is 0 Å². The predicted octanol–water partition coefficient (Wildman–Crippen LogP) is 0.722. The lowest BCUT2D eigenvalue weighted by Gasteiger charge is -2.09. The molecule has 0 fully saturated rings. The second-order valence-corrected chi connectivity index (χ2v) is 3.07. The molecule has 1 atom stereocenters. The van der Waals surface area contributed by atoms with Crippen molar-refractivity contribution < 1.29 is 9.53 Å². The fraction of sp³-hybridized carbons (Fsp3) is 0.300. The smallest absolute Gasteiger partial charge is 0.242 e.